The first-order chi connectivity index (χ1) is 10.3. The minimum Gasteiger partial charge on any atom is -0.484 e. The molecule has 0 aromatic heterocycles. The Labute approximate surface area is 133 Å². The van der Waals surface area contributed by atoms with E-state index < -0.39 is 5.60 Å². The van der Waals surface area contributed by atoms with Crippen molar-refractivity contribution in [2.45, 2.75) is 71.8 Å². The fourth-order valence-corrected chi connectivity index (χ4v) is 6.70. The number of carbonyl (C=O) groups is 1. The molecule has 7 aliphatic rings. The van der Waals surface area contributed by atoms with E-state index >= 15 is 0 Å². The molecule has 4 bridgehead atoms. The van der Waals surface area contributed by atoms with Gasteiger partial charge in [-0.05, 0) is 59.8 Å². The van der Waals surface area contributed by atoms with E-state index in [1.165, 1.54) is 18.6 Å². The third kappa shape index (κ3) is 1.29. The number of fused-ring (bicyclic) bond motifs is 1. The van der Waals surface area contributed by atoms with Gasteiger partial charge in [-0.15, -0.1) is 0 Å². The second-order valence-corrected chi connectivity index (χ2v) is 9.88. The summed E-state index contributed by atoms with van der Waals surface area (Å²) in [7, 11) is 0. The van der Waals surface area contributed by atoms with Crippen LogP contribution in [0.15, 0.2) is 11.3 Å². The Morgan fingerprint density at radius 1 is 1.00 bits per heavy atom. The van der Waals surface area contributed by atoms with E-state index in [0.29, 0.717) is 28.4 Å². The summed E-state index contributed by atoms with van der Waals surface area (Å²) in [5, 5.41) is 0. The van der Waals surface area contributed by atoms with Gasteiger partial charge in [0.15, 0.2) is 11.4 Å². The standard InChI is InChI=1S/C20H28O2/c1-18(2)11-7-14(18)13-5-6-20(22-15(13)8-11)16-9-12(10-17(20)21)19(16,3)4/h11-12,14,16H,5-10H2,1-4H3/t11-,12-,14+,16-,20-/m1/s1. The van der Waals surface area contributed by atoms with Crippen LogP contribution < -0.4 is 0 Å². The highest BCUT2D eigenvalue weighted by molar-refractivity contribution is 5.90. The molecule has 0 amide bonds. The van der Waals surface area contributed by atoms with Crippen LogP contribution in [-0.2, 0) is 9.53 Å². The highest BCUT2D eigenvalue weighted by Crippen LogP contribution is 2.68. The van der Waals surface area contributed by atoms with Gasteiger partial charge in [-0.25, -0.2) is 0 Å². The van der Waals surface area contributed by atoms with Crippen LogP contribution in [0, 0.1) is 34.5 Å². The Morgan fingerprint density at radius 3 is 2.41 bits per heavy atom. The Kier molecular flexibility index (Phi) is 2.26. The summed E-state index contributed by atoms with van der Waals surface area (Å²) in [6, 6.07) is 0. The van der Waals surface area contributed by atoms with Crippen molar-refractivity contribution in [3.63, 3.8) is 0 Å². The van der Waals surface area contributed by atoms with E-state index in [9.17, 15) is 4.79 Å². The molecule has 2 nitrogen and oxygen atoms in total. The fraction of sp³-hybridized carbons (Fsp3) is 0.850. The van der Waals surface area contributed by atoms with E-state index in [4.69, 9.17) is 4.74 Å². The van der Waals surface area contributed by atoms with Crippen molar-refractivity contribution in [1.82, 2.24) is 0 Å². The second-order valence-electron chi connectivity index (χ2n) is 9.88. The molecule has 0 saturated heterocycles. The average molecular weight is 300 g/mol. The molecule has 6 aliphatic carbocycles. The van der Waals surface area contributed by atoms with Crippen LogP contribution in [0.2, 0.25) is 0 Å². The Balaban J connectivity index is 1.52. The third-order valence-corrected chi connectivity index (χ3v) is 8.69. The molecule has 4 fully saturated rings. The van der Waals surface area contributed by atoms with Crippen molar-refractivity contribution in [2.75, 3.05) is 0 Å². The van der Waals surface area contributed by atoms with Crippen molar-refractivity contribution < 1.29 is 9.53 Å². The van der Waals surface area contributed by atoms with E-state index in [1.54, 1.807) is 5.57 Å². The van der Waals surface area contributed by atoms with E-state index in [-0.39, 0.29) is 0 Å². The van der Waals surface area contributed by atoms with Gasteiger partial charge < -0.3 is 4.74 Å². The van der Waals surface area contributed by atoms with Crippen LogP contribution >= 0.6 is 0 Å². The van der Waals surface area contributed by atoms with Crippen LogP contribution in [0.3, 0.4) is 0 Å². The van der Waals surface area contributed by atoms with Gasteiger partial charge in [0.1, 0.15) is 0 Å². The van der Waals surface area contributed by atoms with Crippen LogP contribution in [0.1, 0.15) is 66.2 Å². The zero-order chi connectivity index (χ0) is 15.5. The lowest BCUT2D eigenvalue weighted by molar-refractivity contribution is -0.217. The summed E-state index contributed by atoms with van der Waals surface area (Å²) < 4.78 is 6.64. The van der Waals surface area contributed by atoms with Crippen molar-refractivity contribution in [3.8, 4) is 0 Å². The number of ether oxygens (including phenoxy) is 1. The van der Waals surface area contributed by atoms with Crippen LogP contribution in [0.4, 0.5) is 0 Å². The number of carbonyl (C=O) groups excluding carboxylic acids is 1. The lowest BCUT2D eigenvalue weighted by Gasteiger charge is -2.66. The fourth-order valence-electron chi connectivity index (χ4n) is 6.70. The van der Waals surface area contributed by atoms with Gasteiger partial charge in [-0.3, -0.25) is 4.79 Å². The van der Waals surface area contributed by atoms with Crippen molar-refractivity contribution in [2.24, 2.45) is 34.5 Å². The summed E-state index contributed by atoms with van der Waals surface area (Å²) in [6.45, 7) is 9.56. The monoisotopic (exact) mass is 300 g/mol. The highest BCUT2D eigenvalue weighted by Gasteiger charge is 2.68. The molecule has 0 unspecified atom stereocenters. The quantitative estimate of drug-likeness (QED) is 0.659. The van der Waals surface area contributed by atoms with Gasteiger partial charge in [0.25, 0.3) is 0 Å². The molecule has 22 heavy (non-hydrogen) atoms. The predicted molar refractivity (Wildman–Crippen MR) is 85.1 cm³/mol. The van der Waals surface area contributed by atoms with Crippen LogP contribution in [0.25, 0.3) is 0 Å². The van der Waals surface area contributed by atoms with E-state index in [1.807, 2.05) is 0 Å². The van der Waals surface area contributed by atoms with Crippen LogP contribution in [-0.4, -0.2) is 11.4 Å². The summed E-state index contributed by atoms with van der Waals surface area (Å²) in [5.41, 5.74) is 1.88. The number of Topliss-reactive ketones (excluding diaryl/α,β-unsaturated/α-hetero) is 1. The van der Waals surface area contributed by atoms with Gasteiger partial charge in [-0.1, -0.05) is 27.7 Å². The molecule has 5 atom stereocenters. The Bertz CT molecular complexity index is 611. The van der Waals surface area contributed by atoms with E-state index in [2.05, 4.69) is 27.7 Å². The second kappa shape index (κ2) is 3.65. The van der Waals surface area contributed by atoms with Crippen molar-refractivity contribution in [1.29, 1.82) is 0 Å². The van der Waals surface area contributed by atoms with Crippen molar-refractivity contribution in [3.05, 3.63) is 11.3 Å². The molecular weight excluding hydrogens is 272 g/mol. The van der Waals surface area contributed by atoms with Crippen LogP contribution in [0.5, 0.6) is 0 Å². The third-order valence-electron chi connectivity index (χ3n) is 8.69. The molecular formula is C20H28O2. The summed E-state index contributed by atoms with van der Waals surface area (Å²) in [6.07, 6.45) is 6.46. The Morgan fingerprint density at radius 2 is 1.73 bits per heavy atom. The molecule has 0 aromatic rings. The van der Waals surface area contributed by atoms with E-state index in [0.717, 1.165) is 37.5 Å². The predicted octanol–water partition coefficient (Wildman–Crippen LogP) is 4.49. The lowest BCUT2D eigenvalue weighted by Crippen LogP contribution is -2.68. The molecule has 7 rings (SSSR count). The number of hydrogen-bond acceptors (Lipinski definition) is 2. The normalized spacial score (nSPS) is 49.9. The topological polar surface area (TPSA) is 26.3 Å². The minimum absolute atomic E-state index is 0.294. The molecule has 1 aliphatic heterocycles. The van der Waals surface area contributed by atoms with Gasteiger partial charge in [0.2, 0.25) is 0 Å². The van der Waals surface area contributed by atoms with Gasteiger partial charge in [-0.2, -0.15) is 0 Å². The average Bonchev–Trinajstić information content (AvgIpc) is 2.48. The first-order valence-electron chi connectivity index (χ1n) is 9.21. The number of allylic oxidation sites excluding steroid dienone is 2. The Hall–Kier alpha value is -0.790. The van der Waals surface area contributed by atoms with Gasteiger partial charge in [0, 0.05) is 18.8 Å². The molecule has 1 heterocycles. The van der Waals surface area contributed by atoms with Gasteiger partial charge >= 0.3 is 0 Å². The largest absolute Gasteiger partial charge is 0.484 e. The summed E-state index contributed by atoms with van der Waals surface area (Å²) >= 11 is 0. The summed E-state index contributed by atoms with van der Waals surface area (Å²) in [5.74, 6) is 4.20. The zero-order valence-electron chi connectivity index (χ0n) is 14.4. The summed E-state index contributed by atoms with van der Waals surface area (Å²) in [4.78, 5) is 12.8. The number of hydrogen-bond donors (Lipinski definition) is 0. The molecule has 4 saturated carbocycles. The molecule has 0 aromatic carbocycles. The number of rotatable bonds is 0. The van der Waals surface area contributed by atoms with Crippen molar-refractivity contribution >= 4 is 5.78 Å². The maximum Gasteiger partial charge on any atom is 0.176 e. The SMILES string of the molecule is CC1(C)[C@H]2CC(=O)[C@@]3(CCC4=C(C[C@H]5C[C@@H]4C5(C)C)O3)[C@@H]1C2. The zero-order valence-corrected chi connectivity index (χ0v) is 14.4. The molecule has 0 radical (unpaired) electrons. The first-order valence-corrected chi connectivity index (χ1v) is 9.21. The highest BCUT2D eigenvalue weighted by atomic mass is 16.5. The maximum absolute atomic E-state index is 12.8. The minimum atomic E-state index is -0.453. The maximum atomic E-state index is 12.8. The first kappa shape index (κ1) is 13.6. The smallest absolute Gasteiger partial charge is 0.176 e. The number of ketones is 1. The molecule has 1 spiro atoms. The lowest BCUT2D eigenvalue weighted by atomic mass is 9.42. The molecule has 2 heteroatoms. The van der Waals surface area contributed by atoms with Gasteiger partial charge in [0.05, 0.1) is 5.76 Å². The molecule has 120 valence electrons. The molecule has 0 N–H and O–H groups in total.